The summed E-state index contributed by atoms with van der Waals surface area (Å²) in [5, 5.41) is 0.134. The molecule has 0 heterocycles. The Morgan fingerprint density at radius 3 is 2.60 bits per heavy atom. The van der Waals surface area contributed by atoms with Crippen molar-refractivity contribution in [1.29, 1.82) is 0 Å². The van der Waals surface area contributed by atoms with Crippen LogP contribution in [0.3, 0.4) is 0 Å². The molecule has 20 heavy (non-hydrogen) atoms. The van der Waals surface area contributed by atoms with Crippen molar-refractivity contribution < 1.29 is 14.3 Å². The zero-order chi connectivity index (χ0) is 14.6. The summed E-state index contributed by atoms with van der Waals surface area (Å²) in [6.45, 7) is 2.54. The van der Waals surface area contributed by atoms with Gasteiger partial charge in [-0.05, 0) is 18.4 Å². The fraction of sp³-hybridized carbons (Fsp3) is 0.500. The number of esters is 1. The molecule has 0 atom stereocenters. The van der Waals surface area contributed by atoms with Gasteiger partial charge in [0.15, 0.2) is 5.12 Å². The van der Waals surface area contributed by atoms with Crippen LogP contribution in [0.25, 0.3) is 0 Å². The van der Waals surface area contributed by atoms with Crippen molar-refractivity contribution in [2.75, 3.05) is 12.4 Å². The second kappa shape index (κ2) is 10.5. The normalized spacial score (nSPS) is 10.2. The van der Waals surface area contributed by atoms with Crippen molar-refractivity contribution >= 4 is 22.8 Å². The van der Waals surface area contributed by atoms with E-state index in [4.69, 9.17) is 4.74 Å². The zero-order valence-corrected chi connectivity index (χ0v) is 12.8. The Morgan fingerprint density at radius 1 is 1.15 bits per heavy atom. The third-order valence-corrected chi connectivity index (χ3v) is 3.73. The molecule has 110 valence electrons. The van der Waals surface area contributed by atoms with E-state index in [9.17, 15) is 9.59 Å². The molecule has 0 radical (unpaired) electrons. The highest BCUT2D eigenvalue weighted by molar-refractivity contribution is 8.13. The molecule has 0 saturated heterocycles. The van der Waals surface area contributed by atoms with Crippen LogP contribution in [0.15, 0.2) is 30.3 Å². The van der Waals surface area contributed by atoms with Gasteiger partial charge in [-0.3, -0.25) is 9.59 Å². The average Bonchev–Trinajstić information content (AvgIpc) is 2.46. The topological polar surface area (TPSA) is 43.4 Å². The van der Waals surface area contributed by atoms with Crippen molar-refractivity contribution in [3.05, 3.63) is 35.9 Å². The molecule has 0 amide bonds. The van der Waals surface area contributed by atoms with Crippen molar-refractivity contribution in [2.45, 2.75) is 39.0 Å². The molecular formula is C16H22O3S. The van der Waals surface area contributed by atoms with Crippen molar-refractivity contribution in [3.8, 4) is 0 Å². The first kappa shape index (κ1) is 16.8. The first-order valence-electron chi connectivity index (χ1n) is 7.07. The molecule has 0 bridgehead atoms. The minimum Gasteiger partial charge on any atom is -0.466 e. The van der Waals surface area contributed by atoms with Gasteiger partial charge in [-0.2, -0.15) is 0 Å². The molecule has 0 fully saturated rings. The van der Waals surface area contributed by atoms with Gasteiger partial charge in [-0.1, -0.05) is 55.4 Å². The molecule has 3 nitrogen and oxygen atoms in total. The molecule has 1 rings (SSSR count). The van der Waals surface area contributed by atoms with Gasteiger partial charge in [0, 0.05) is 12.2 Å². The highest BCUT2D eigenvalue weighted by Gasteiger charge is 2.07. The highest BCUT2D eigenvalue weighted by Crippen LogP contribution is 2.11. The first-order chi connectivity index (χ1) is 9.72. The Bertz CT molecular complexity index is 403. The molecule has 0 aliphatic heterocycles. The number of rotatable bonds is 9. The van der Waals surface area contributed by atoms with Gasteiger partial charge in [-0.15, -0.1) is 0 Å². The van der Waals surface area contributed by atoms with Crippen LogP contribution < -0.4 is 0 Å². The molecular weight excluding hydrogens is 272 g/mol. The monoisotopic (exact) mass is 294 g/mol. The molecule has 1 aromatic rings. The van der Waals surface area contributed by atoms with Crippen molar-refractivity contribution in [3.63, 3.8) is 0 Å². The Hall–Kier alpha value is -1.29. The summed E-state index contributed by atoms with van der Waals surface area (Å²) >= 11 is 1.22. The summed E-state index contributed by atoms with van der Waals surface area (Å²) in [4.78, 5) is 23.0. The van der Waals surface area contributed by atoms with E-state index in [-0.39, 0.29) is 11.1 Å². The predicted octanol–water partition coefficient (Wildman–Crippen LogP) is 3.61. The molecule has 0 aliphatic carbocycles. The third kappa shape index (κ3) is 8.00. The van der Waals surface area contributed by atoms with Gasteiger partial charge in [-0.25, -0.2) is 0 Å². The molecule has 0 N–H and O–H groups in total. The Kier molecular flexibility index (Phi) is 8.79. The molecule has 0 spiro atoms. The van der Waals surface area contributed by atoms with Gasteiger partial charge in [0.1, 0.15) is 0 Å². The molecule has 0 saturated carbocycles. The lowest BCUT2D eigenvalue weighted by Gasteiger charge is -2.03. The van der Waals surface area contributed by atoms with Gasteiger partial charge in [0.05, 0.1) is 13.0 Å². The number of carbonyl (C=O) groups is 2. The van der Waals surface area contributed by atoms with Crippen LogP contribution in [0.4, 0.5) is 0 Å². The molecule has 1 aromatic carbocycles. The summed E-state index contributed by atoms with van der Waals surface area (Å²) in [5.74, 6) is 0.306. The predicted molar refractivity (Wildman–Crippen MR) is 82.7 cm³/mol. The maximum absolute atomic E-state index is 11.7. The first-order valence-corrected chi connectivity index (χ1v) is 8.06. The number of carbonyl (C=O) groups excluding carboxylic acids is 2. The second-order valence-electron chi connectivity index (χ2n) is 4.53. The number of benzene rings is 1. The van der Waals surface area contributed by atoms with Crippen LogP contribution >= 0.6 is 11.8 Å². The zero-order valence-electron chi connectivity index (χ0n) is 12.0. The SMILES string of the molecule is CCCCOC(=O)CCSC(=O)CCc1ccccc1. The minimum absolute atomic E-state index is 0.134. The smallest absolute Gasteiger partial charge is 0.306 e. The molecule has 0 aromatic heterocycles. The van der Waals surface area contributed by atoms with Gasteiger partial charge in [0.25, 0.3) is 0 Å². The number of aryl methyl sites for hydroxylation is 1. The van der Waals surface area contributed by atoms with Gasteiger partial charge >= 0.3 is 5.97 Å². The lowest BCUT2D eigenvalue weighted by Crippen LogP contribution is -2.07. The van der Waals surface area contributed by atoms with Gasteiger partial charge in [0.2, 0.25) is 0 Å². The lowest BCUT2D eigenvalue weighted by atomic mass is 10.1. The van der Waals surface area contributed by atoms with E-state index in [2.05, 4.69) is 6.92 Å². The quantitative estimate of drug-likeness (QED) is 0.515. The van der Waals surface area contributed by atoms with Crippen LogP contribution in [-0.2, 0) is 20.7 Å². The van der Waals surface area contributed by atoms with E-state index in [1.807, 2.05) is 30.3 Å². The standard InChI is InChI=1S/C16H22O3S/c1-2-3-12-19-15(17)11-13-20-16(18)10-9-14-7-5-4-6-8-14/h4-8H,2-3,9-13H2,1H3. The van der Waals surface area contributed by atoms with Crippen molar-refractivity contribution in [2.24, 2.45) is 0 Å². The summed E-state index contributed by atoms with van der Waals surface area (Å²) in [6.07, 6.45) is 3.49. The van der Waals surface area contributed by atoms with E-state index in [1.54, 1.807) is 0 Å². The number of hydrogen-bond donors (Lipinski definition) is 0. The van der Waals surface area contributed by atoms with E-state index in [0.717, 1.165) is 19.3 Å². The molecule has 0 unspecified atom stereocenters. The number of unbranched alkanes of at least 4 members (excludes halogenated alkanes) is 1. The summed E-state index contributed by atoms with van der Waals surface area (Å²) in [5.41, 5.74) is 1.17. The van der Waals surface area contributed by atoms with Crippen LogP contribution in [0, 0.1) is 0 Å². The second-order valence-corrected chi connectivity index (χ2v) is 5.68. The van der Waals surface area contributed by atoms with Gasteiger partial charge < -0.3 is 4.74 Å². The number of hydrogen-bond acceptors (Lipinski definition) is 4. The summed E-state index contributed by atoms with van der Waals surface area (Å²) in [6, 6.07) is 9.94. The average molecular weight is 294 g/mol. The fourth-order valence-corrected chi connectivity index (χ4v) is 2.36. The molecule has 4 heteroatoms. The van der Waals surface area contributed by atoms with Crippen LogP contribution in [0.5, 0.6) is 0 Å². The Labute approximate surface area is 125 Å². The van der Waals surface area contributed by atoms with E-state index >= 15 is 0 Å². The van der Waals surface area contributed by atoms with Crippen LogP contribution in [-0.4, -0.2) is 23.4 Å². The highest BCUT2D eigenvalue weighted by atomic mass is 32.2. The van der Waals surface area contributed by atoms with E-state index in [0.29, 0.717) is 25.2 Å². The third-order valence-electron chi connectivity index (χ3n) is 2.79. The largest absolute Gasteiger partial charge is 0.466 e. The lowest BCUT2D eigenvalue weighted by molar-refractivity contribution is -0.143. The van der Waals surface area contributed by atoms with E-state index in [1.165, 1.54) is 17.3 Å². The summed E-state index contributed by atoms with van der Waals surface area (Å²) < 4.78 is 5.03. The Morgan fingerprint density at radius 2 is 1.90 bits per heavy atom. The summed E-state index contributed by atoms with van der Waals surface area (Å²) in [7, 11) is 0. The fourth-order valence-electron chi connectivity index (χ4n) is 1.61. The maximum atomic E-state index is 11.7. The van der Waals surface area contributed by atoms with Crippen LogP contribution in [0.2, 0.25) is 0 Å². The molecule has 0 aliphatic rings. The number of ether oxygens (including phenoxy) is 1. The maximum Gasteiger partial charge on any atom is 0.306 e. The van der Waals surface area contributed by atoms with Crippen molar-refractivity contribution in [1.82, 2.24) is 0 Å². The Balaban J connectivity index is 2.07. The number of thioether (sulfide) groups is 1. The van der Waals surface area contributed by atoms with E-state index < -0.39 is 0 Å². The van der Waals surface area contributed by atoms with Crippen LogP contribution in [0.1, 0.15) is 38.2 Å². The minimum atomic E-state index is -0.207.